The molecule has 3 N–H and O–H groups in total. The maximum Gasteiger partial charge on any atom is 0.234 e. The standard InChI is InChI=1S/C23H24N4O5S2/c1-14(28)24-15-4-6-16(7-5-15)25-22(30)13-34-23-26-17(12-33-23)10-21(29)27-19-11-18(31-2)8-9-20(19)32-3/h4-9,11-12H,10,13H2,1-3H3,(H,24,28)(H,25,30)(H,27,29). The van der Waals surface area contributed by atoms with Crippen molar-refractivity contribution in [3.8, 4) is 11.5 Å². The molecule has 11 heteroatoms. The third kappa shape index (κ3) is 7.49. The summed E-state index contributed by atoms with van der Waals surface area (Å²) in [6.07, 6.45) is 0.0876. The number of aromatic nitrogens is 1. The first-order chi connectivity index (χ1) is 16.4. The number of methoxy groups -OCH3 is 2. The van der Waals surface area contributed by atoms with Gasteiger partial charge in [0, 0.05) is 29.7 Å². The van der Waals surface area contributed by atoms with E-state index in [-0.39, 0.29) is 29.9 Å². The number of hydrogen-bond donors (Lipinski definition) is 3. The summed E-state index contributed by atoms with van der Waals surface area (Å²) < 4.78 is 11.2. The SMILES string of the molecule is COc1ccc(OC)c(NC(=O)Cc2csc(SCC(=O)Nc3ccc(NC(C)=O)cc3)n2)c1. The minimum atomic E-state index is -0.242. The van der Waals surface area contributed by atoms with E-state index in [1.54, 1.807) is 55.0 Å². The van der Waals surface area contributed by atoms with Gasteiger partial charge in [0.15, 0.2) is 4.34 Å². The Morgan fingerprint density at radius 2 is 1.65 bits per heavy atom. The smallest absolute Gasteiger partial charge is 0.234 e. The Bertz CT molecular complexity index is 1160. The van der Waals surface area contributed by atoms with Gasteiger partial charge in [-0.1, -0.05) is 11.8 Å². The average molecular weight is 501 g/mol. The number of amides is 3. The predicted octanol–water partition coefficient (Wildman–Crippen LogP) is 4.03. The first-order valence-corrected chi connectivity index (χ1v) is 12.0. The molecule has 9 nitrogen and oxygen atoms in total. The van der Waals surface area contributed by atoms with Crippen molar-refractivity contribution >= 4 is 57.9 Å². The molecule has 0 saturated carbocycles. The van der Waals surface area contributed by atoms with E-state index < -0.39 is 0 Å². The van der Waals surface area contributed by atoms with Gasteiger partial charge in [-0.05, 0) is 36.4 Å². The second kappa shape index (κ2) is 12.1. The molecular weight excluding hydrogens is 476 g/mol. The third-order valence-corrected chi connectivity index (χ3v) is 6.44. The summed E-state index contributed by atoms with van der Waals surface area (Å²) in [4.78, 5) is 40.2. The number of carbonyl (C=O) groups is 3. The van der Waals surface area contributed by atoms with Gasteiger partial charge in [-0.3, -0.25) is 14.4 Å². The Labute approximate surface area is 205 Å². The fourth-order valence-electron chi connectivity index (χ4n) is 2.87. The van der Waals surface area contributed by atoms with Gasteiger partial charge in [0.25, 0.3) is 0 Å². The van der Waals surface area contributed by atoms with Crippen LogP contribution in [0.4, 0.5) is 17.1 Å². The van der Waals surface area contributed by atoms with E-state index in [9.17, 15) is 14.4 Å². The van der Waals surface area contributed by atoms with Gasteiger partial charge in [0.1, 0.15) is 11.5 Å². The van der Waals surface area contributed by atoms with Crippen molar-refractivity contribution in [3.63, 3.8) is 0 Å². The molecule has 0 bridgehead atoms. The summed E-state index contributed by atoms with van der Waals surface area (Å²) in [6.45, 7) is 1.43. The molecule has 0 saturated heterocycles. The molecular formula is C23H24N4O5S2. The molecule has 0 spiro atoms. The molecule has 3 aromatic rings. The van der Waals surface area contributed by atoms with Crippen LogP contribution in [0.25, 0.3) is 0 Å². The predicted molar refractivity (Wildman–Crippen MR) is 134 cm³/mol. The summed E-state index contributed by atoms with van der Waals surface area (Å²) in [6, 6.07) is 12.0. The topological polar surface area (TPSA) is 119 Å². The number of hydrogen-bond acceptors (Lipinski definition) is 8. The van der Waals surface area contributed by atoms with Gasteiger partial charge >= 0.3 is 0 Å². The molecule has 0 unspecified atom stereocenters. The minimum absolute atomic E-state index is 0.0876. The fourth-order valence-corrected chi connectivity index (χ4v) is 4.52. The van der Waals surface area contributed by atoms with Crippen LogP contribution in [0.2, 0.25) is 0 Å². The van der Waals surface area contributed by atoms with Crippen LogP contribution in [0.15, 0.2) is 52.2 Å². The summed E-state index contributed by atoms with van der Waals surface area (Å²) in [5.41, 5.74) is 2.41. The highest BCUT2D eigenvalue weighted by molar-refractivity contribution is 8.01. The summed E-state index contributed by atoms with van der Waals surface area (Å²) in [5.74, 6) is 0.720. The minimum Gasteiger partial charge on any atom is -0.497 e. The Morgan fingerprint density at radius 3 is 2.29 bits per heavy atom. The third-order valence-electron chi connectivity index (χ3n) is 4.37. The molecule has 2 aromatic carbocycles. The van der Waals surface area contributed by atoms with Crippen molar-refractivity contribution in [2.75, 3.05) is 35.9 Å². The zero-order chi connectivity index (χ0) is 24.5. The summed E-state index contributed by atoms with van der Waals surface area (Å²) in [7, 11) is 3.07. The van der Waals surface area contributed by atoms with Crippen molar-refractivity contribution in [3.05, 3.63) is 53.5 Å². The number of thiazole rings is 1. The molecule has 1 aromatic heterocycles. The molecule has 0 aliphatic rings. The quantitative estimate of drug-likeness (QED) is 0.360. The summed E-state index contributed by atoms with van der Waals surface area (Å²) >= 11 is 2.67. The van der Waals surface area contributed by atoms with Gasteiger partial charge in [0.2, 0.25) is 17.7 Å². The molecule has 34 heavy (non-hydrogen) atoms. The van der Waals surface area contributed by atoms with Gasteiger partial charge < -0.3 is 25.4 Å². The van der Waals surface area contributed by atoms with Crippen LogP contribution in [-0.2, 0) is 20.8 Å². The number of nitrogens with one attached hydrogen (secondary N) is 3. The molecule has 0 aliphatic carbocycles. The molecule has 3 amide bonds. The van der Waals surface area contributed by atoms with Crippen LogP contribution < -0.4 is 25.4 Å². The van der Waals surface area contributed by atoms with Crippen LogP contribution in [0.5, 0.6) is 11.5 Å². The first kappa shape index (κ1) is 25.1. The fraction of sp³-hybridized carbons (Fsp3) is 0.217. The second-order valence-electron chi connectivity index (χ2n) is 6.99. The monoisotopic (exact) mass is 500 g/mol. The number of carbonyl (C=O) groups excluding carboxylic acids is 3. The number of ether oxygens (including phenoxy) is 2. The van der Waals surface area contributed by atoms with E-state index in [0.29, 0.717) is 38.6 Å². The molecule has 178 valence electrons. The van der Waals surface area contributed by atoms with Crippen molar-refractivity contribution < 1.29 is 23.9 Å². The van der Waals surface area contributed by atoms with E-state index in [1.165, 1.54) is 37.1 Å². The zero-order valence-electron chi connectivity index (χ0n) is 18.8. The Balaban J connectivity index is 1.48. The highest BCUT2D eigenvalue weighted by atomic mass is 32.2. The van der Waals surface area contributed by atoms with Gasteiger partial charge in [-0.25, -0.2) is 4.98 Å². The molecule has 0 radical (unpaired) electrons. The number of thioether (sulfide) groups is 1. The summed E-state index contributed by atoms with van der Waals surface area (Å²) in [5, 5.41) is 10.1. The number of anilines is 3. The number of rotatable bonds is 10. The van der Waals surface area contributed by atoms with E-state index in [2.05, 4.69) is 20.9 Å². The van der Waals surface area contributed by atoms with Crippen LogP contribution in [0, 0.1) is 0 Å². The first-order valence-electron chi connectivity index (χ1n) is 10.1. The van der Waals surface area contributed by atoms with Crippen molar-refractivity contribution in [1.29, 1.82) is 0 Å². The van der Waals surface area contributed by atoms with Crippen molar-refractivity contribution in [1.82, 2.24) is 4.98 Å². The van der Waals surface area contributed by atoms with Crippen LogP contribution in [0.1, 0.15) is 12.6 Å². The lowest BCUT2D eigenvalue weighted by Gasteiger charge is -2.11. The lowest BCUT2D eigenvalue weighted by molar-refractivity contribution is -0.116. The van der Waals surface area contributed by atoms with Crippen LogP contribution in [0.3, 0.4) is 0 Å². The Hall–Kier alpha value is -3.57. The van der Waals surface area contributed by atoms with E-state index in [4.69, 9.17) is 9.47 Å². The lowest BCUT2D eigenvalue weighted by atomic mass is 10.2. The van der Waals surface area contributed by atoms with E-state index >= 15 is 0 Å². The van der Waals surface area contributed by atoms with Gasteiger partial charge in [-0.15, -0.1) is 11.3 Å². The molecule has 3 rings (SSSR count). The Kier molecular flexibility index (Phi) is 8.88. The van der Waals surface area contributed by atoms with Crippen LogP contribution in [-0.4, -0.2) is 42.7 Å². The lowest BCUT2D eigenvalue weighted by Crippen LogP contribution is -2.15. The second-order valence-corrected chi connectivity index (χ2v) is 9.07. The number of nitrogens with zero attached hydrogens (tertiary/aromatic N) is 1. The van der Waals surface area contributed by atoms with E-state index in [0.717, 1.165) is 0 Å². The molecule has 0 fully saturated rings. The maximum atomic E-state index is 12.5. The Morgan fingerprint density at radius 1 is 0.941 bits per heavy atom. The maximum absolute atomic E-state index is 12.5. The molecule has 0 atom stereocenters. The largest absolute Gasteiger partial charge is 0.497 e. The van der Waals surface area contributed by atoms with Crippen molar-refractivity contribution in [2.24, 2.45) is 0 Å². The van der Waals surface area contributed by atoms with Gasteiger partial charge in [0.05, 0.1) is 37.8 Å². The highest BCUT2D eigenvalue weighted by Crippen LogP contribution is 2.29. The average Bonchev–Trinajstić information content (AvgIpc) is 3.25. The van der Waals surface area contributed by atoms with Crippen molar-refractivity contribution in [2.45, 2.75) is 17.7 Å². The normalized spacial score (nSPS) is 10.3. The number of benzene rings is 2. The van der Waals surface area contributed by atoms with Crippen LogP contribution >= 0.6 is 23.1 Å². The zero-order valence-corrected chi connectivity index (χ0v) is 20.5. The molecule has 0 aliphatic heterocycles. The molecule has 1 heterocycles. The highest BCUT2D eigenvalue weighted by Gasteiger charge is 2.13. The van der Waals surface area contributed by atoms with Gasteiger partial charge in [-0.2, -0.15) is 0 Å². The van der Waals surface area contributed by atoms with E-state index in [1.807, 2.05) is 0 Å².